The van der Waals surface area contributed by atoms with E-state index in [1.165, 1.54) is 6.07 Å². The molecule has 0 radical (unpaired) electrons. The summed E-state index contributed by atoms with van der Waals surface area (Å²) in [4.78, 5) is 10.1. The van der Waals surface area contributed by atoms with Crippen LogP contribution in [0.4, 0.5) is 8.78 Å². The molecule has 4 heteroatoms. The van der Waals surface area contributed by atoms with Gasteiger partial charge in [0.1, 0.15) is 29.6 Å². The Hall–Kier alpha value is -1.76. The summed E-state index contributed by atoms with van der Waals surface area (Å²) >= 11 is 0. The van der Waals surface area contributed by atoms with Crippen LogP contribution >= 0.6 is 0 Å². The second-order valence-electron chi connectivity index (χ2n) is 2.09. The molecule has 1 aromatic rings. The van der Waals surface area contributed by atoms with Gasteiger partial charge in [-0.05, 0) is 12.1 Å². The SMILES string of the molecule is N#Cc1c(F)cc(C=O)cc1F. The van der Waals surface area contributed by atoms with E-state index in [0.717, 1.165) is 12.1 Å². The molecule has 0 aliphatic heterocycles. The van der Waals surface area contributed by atoms with Crippen molar-refractivity contribution in [1.82, 2.24) is 0 Å². The third kappa shape index (κ3) is 1.30. The Bertz CT molecular complexity index is 345. The zero-order valence-corrected chi connectivity index (χ0v) is 5.84. The van der Waals surface area contributed by atoms with E-state index >= 15 is 0 Å². The molecule has 0 atom stereocenters. The number of aldehydes is 1. The number of hydrogen-bond acceptors (Lipinski definition) is 2. The zero-order valence-electron chi connectivity index (χ0n) is 5.84. The Morgan fingerprint density at radius 3 is 2.17 bits per heavy atom. The van der Waals surface area contributed by atoms with E-state index in [0.29, 0.717) is 6.29 Å². The normalized spacial score (nSPS) is 9.08. The molecule has 0 unspecified atom stereocenters. The van der Waals surface area contributed by atoms with Crippen LogP contribution in [0.5, 0.6) is 0 Å². The molecular formula is C8H3F2NO. The third-order valence-electron chi connectivity index (χ3n) is 1.31. The number of benzene rings is 1. The molecule has 60 valence electrons. The van der Waals surface area contributed by atoms with Gasteiger partial charge in [-0.3, -0.25) is 4.79 Å². The summed E-state index contributed by atoms with van der Waals surface area (Å²) in [6.45, 7) is 0. The van der Waals surface area contributed by atoms with E-state index in [-0.39, 0.29) is 5.56 Å². The monoisotopic (exact) mass is 167 g/mol. The van der Waals surface area contributed by atoms with Crippen LogP contribution in [0, 0.1) is 23.0 Å². The van der Waals surface area contributed by atoms with Crippen LogP contribution in [0.3, 0.4) is 0 Å². The molecule has 0 spiro atoms. The average Bonchev–Trinajstić information content (AvgIpc) is 2.03. The molecule has 12 heavy (non-hydrogen) atoms. The fourth-order valence-corrected chi connectivity index (χ4v) is 0.768. The van der Waals surface area contributed by atoms with Gasteiger partial charge in [0.25, 0.3) is 0 Å². The summed E-state index contributed by atoms with van der Waals surface area (Å²) in [6, 6.07) is 2.98. The van der Waals surface area contributed by atoms with Crippen molar-refractivity contribution in [3.05, 3.63) is 34.9 Å². The number of rotatable bonds is 1. The first-order valence-corrected chi connectivity index (χ1v) is 3.03. The second kappa shape index (κ2) is 3.09. The molecule has 1 aromatic carbocycles. The molecule has 0 aliphatic rings. The molecule has 0 bridgehead atoms. The van der Waals surface area contributed by atoms with Gasteiger partial charge in [-0.15, -0.1) is 0 Å². The molecule has 2 nitrogen and oxygen atoms in total. The molecule has 0 saturated carbocycles. The van der Waals surface area contributed by atoms with E-state index in [1.807, 2.05) is 0 Å². The van der Waals surface area contributed by atoms with Crippen LogP contribution < -0.4 is 0 Å². The van der Waals surface area contributed by atoms with Crippen molar-refractivity contribution in [1.29, 1.82) is 5.26 Å². The van der Waals surface area contributed by atoms with Gasteiger partial charge in [0.2, 0.25) is 0 Å². The van der Waals surface area contributed by atoms with Crippen LogP contribution in [-0.2, 0) is 0 Å². The van der Waals surface area contributed by atoms with Gasteiger partial charge in [-0.25, -0.2) is 8.78 Å². The molecule has 0 amide bonds. The lowest BCUT2D eigenvalue weighted by Crippen LogP contribution is -1.93. The number of halogens is 2. The van der Waals surface area contributed by atoms with Crippen molar-refractivity contribution in [2.24, 2.45) is 0 Å². The van der Waals surface area contributed by atoms with E-state index < -0.39 is 17.2 Å². The molecular weight excluding hydrogens is 164 g/mol. The number of carbonyl (C=O) groups is 1. The van der Waals surface area contributed by atoms with E-state index in [2.05, 4.69) is 0 Å². The molecule has 0 fully saturated rings. The highest BCUT2D eigenvalue weighted by Gasteiger charge is 2.09. The van der Waals surface area contributed by atoms with Gasteiger partial charge in [0.15, 0.2) is 0 Å². The summed E-state index contributed by atoms with van der Waals surface area (Å²) < 4.78 is 25.4. The van der Waals surface area contributed by atoms with E-state index in [4.69, 9.17) is 5.26 Å². The number of carbonyl (C=O) groups excluding carboxylic acids is 1. The van der Waals surface area contributed by atoms with Crippen LogP contribution in [0.25, 0.3) is 0 Å². The zero-order chi connectivity index (χ0) is 9.14. The average molecular weight is 167 g/mol. The minimum absolute atomic E-state index is 0.121. The lowest BCUT2D eigenvalue weighted by atomic mass is 10.1. The van der Waals surface area contributed by atoms with Crippen LogP contribution in [0.15, 0.2) is 12.1 Å². The maximum atomic E-state index is 12.7. The summed E-state index contributed by atoms with van der Waals surface area (Å²) in [6.07, 6.45) is 0.313. The van der Waals surface area contributed by atoms with Crippen LogP contribution in [-0.4, -0.2) is 6.29 Å². The molecule has 0 aliphatic carbocycles. The third-order valence-corrected chi connectivity index (χ3v) is 1.31. The quantitative estimate of drug-likeness (QED) is 0.596. The first-order valence-electron chi connectivity index (χ1n) is 3.03. The Balaban J connectivity index is 3.39. The summed E-state index contributed by atoms with van der Waals surface area (Å²) in [5.74, 6) is -2.03. The molecule has 1 rings (SSSR count). The summed E-state index contributed by atoms with van der Waals surface area (Å²) in [5, 5.41) is 8.24. The van der Waals surface area contributed by atoms with Gasteiger partial charge in [-0.2, -0.15) is 5.26 Å². The van der Waals surface area contributed by atoms with Crippen molar-refractivity contribution >= 4 is 6.29 Å². The van der Waals surface area contributed by atoms with Crippen molar-refractivity contribution in [2.75, 3.05) is 0 Å². The Morgan fingerprint density at radius 1 is 1.33 bits per heavy atom. The Labute approximate surface area is 67.0 Å². The summed E-state index contributed by atoms with van der Waals surface area (Å²) in [7, 11) is 0. The van der Waals surface area contributed by atoms with Crippen molar-refractivity contribution in [2.45, 2.75) is 0 Å². The maximum absolute atomic E-state index is 12.7. The smallest absolute Gasteiger partial charge is 0.150 e. The van der Waals surface area contributed by atoms with Crippen LogP contribution in [0.1, 0.15) is 15.9 Å². The van der Waals surface area contributed by atoms with Crippen molar-refractivity contribution in [3.63, 3.8) is 0 Å². The second-order valence-corrected chi connectivity index (χ2v) is 2.09. The van der Waals surface area contributed by atoms with Gasteiger partial charge in [-0.1, -0.05) is 0 Å². The Kier molecular flexibility index (Phi) is 2.15. The number of nitrogens with zero attached hydrogens (tertiary/aromatic N) is 1. The predicted octanol–water partition coefficient (Wildman–Crippen LogP) is 1.65. The van der Waals surface area contributed by atoms with Crippen molar-refractivity contribution < 1.29 is 13.6 Å². The fraction of sp³-hybridized carbons (Fsp3) is 0. The van der Waals surface area contributed by atoms with E-state index in [9.17, 15) is 13.6 Å². The largest absolute Gasteiger partial charge is 0.298 e. The maximum Gasteiger partial charge on any atom is 0.150 e. The summed E-state index contributed by atoms with van der Waals surface area (Å²) in [5.41, 5.74) is -0.787. The van der Waals surface area contributed by atoms with Gasteiger partial charge >= 0.3 is 0 Å². The van der Waals surface area contributed by atoms with Crippen molar-refractivity contribution in [3.8, 4) is 6.07 Å². The Morgan fingerprint density at radius 2 is 1.83 bits per heavy atom. The molecule has 0 N–H and O–H groups in total. The van der Waals surface area contributed by atoms with Gasteiger partial charge in [0, 0.05) is 5.56 Å². The lowest BCUT2D eigenvalue weighted by Gasteiger charge is -1.95. The lowest BCUT2D eigenvalue weighted by molar-refractivity contribution is 0.112. The highest BCUT2D eigenvalue weighted by molar-refractivity contribution is 5.75. The van der Waals surface area contributed by atoms with Gasteiger partial charge < -0.3 is 0 Å². The minimum atomic E-state index is -1.01. The van der Waals surface area contributed by atoms with Crippen LogP contribution in [0.2, 0.25) is 0 Å². The fourth-order valence-electron chi connectivity index (χ4n) is 0.768. The topological polar surface area (TPSA) is 40.9 Å². The number of nitriles is 1. The first-order chi connectivity index (χ1) is 5.69. The first kappa shape index (κ1) is 8.34. The number of hydrogen-bond donors (Lipinski definition) is 0. The highest BCUT2D eigenvalue weighted by atomic mass is 19.1. The van der Waals surface area contributed by atoms with Gasteiger partial charge in [0.05, 0.1) is 0 Å². The molecule has 0 heterocycles. The standard InChI is InChI=1S/C8H3F2NO/c9-7-1-5(4-12)2-8(10)6(7)3-11/h1-2,4H. The molecule has 0 aromatic heterocycles. The predicted molar refractivity (Wildman–Crippen MR) is 36.5 cm³/mol. The molecule has 0 saturated heterocycles. The minimum Gasteiger partial charge on any atom is -0.298 e. The van der Waals surface area contributed by atoms with E-state index in [1.54, 1.807) is 0 Å². The highest BCUT2D eigenvalue weighted by Crippen LogP contribution is 2.12.